The summed E-state index contributed by atoms with van der Waals surface area (Å²) in [7, 11) is 2.19. The molecule has 0 spiro atoms. The Kier molecular flexibility index (Phi) is 4.18. The molecule has 0 saturated carbocycles. The molecular formula is C12H17BrN2O. The van der Waals surface area contributed by atoms with Gasteiger partial charge in [0.25, 0.3) is 0 Å². The Morgan fingerprint density at radius 1 is 1.62 bits per heavy atom. The highest BCUT2D eigenvalue weighted by molar-refractivity contribution is 9.10. The quantitative estimate of drug-likeness (QED) is 0.850. The number of pyridine rings is 1. The Labute approximate surface area is 105 Å². The van der Waals surface area contributed by atoms with Gasteiger partial charge >= 0.3 is 0 Å². The van der Waals surface area contributed by atoms with Crippen LogP contribution in [-0.2, 0) is 0 Å². The molecule has 1 aromatic heterocycles. The van der Waals surface area contributed by atoms with Crippen molar-refractivity contribution in [3.8, 4) is 5.75 Å². The first-order valence-corrected chi connectivity index (χ1v) is 6.49. The van der Waals surface area contributed by atoms with Crippen LogP contribution in [0.5, 0.6) is 5.75 Å². The molecule has 4 heteroatoms. The molecule has 1 aliphatic rings. The smallest absolute Gasteiger partial charge is 0.136 e. The molecule has 0 amide bonds. The van der Waals surface area contributed by atoms with Crippen LogP contribution in [0.4, 0.5) is 0 Å². The molecule has 1 fully saturated rings. The van der Waals surface area contributed by atoms with Crippen molar-refractivity contribution in [2.75, 3.05) is 20.2 Å². The van der Waals surface area contributed by atoms with Crippen molar-refractivity contribution in [1.29, 1.82) is 0 Å². The number of rotatable bonds is 4. The van der Waals surface area contributed by atoms with Crippen LogP contribution in [0, 0.1) is 0 Å². The van der Waals surface area contributed by atoms with E-state index in [1.807, 2.05) is 6.07 Å². The molecule has 3 nitrogen and oxygen atoms in total. The fourth-order valence-corrected chi connectivity index (χ4v) is 2.49. The summed E-state index contributed by atoms with van der Waals surface area (Å²) >= 11 is 3.42. The Bertz CT molecular complexity index is 346. The summed E-state index contributed by atoms with van der Waals surface area (Å²) in [6, 6.07) is 2.59. The van der Waals surface area contributed by atoms with Crippen LogP contribution in [-0.4, -0.2) is 36.1 Å². The molecule has 2 heterocycles. The van der Waals surface area contributed by atoms with E-state index in [-0.39, 0.29) is 0 Å². The predicted octanol–water partition coefficient (Wildman–Crippen LogP) is 2.71. The predicted molar refractivity (Wildman–Crippen MR) is 67.7 cm³/mol. The lowest BCUT2D eigenvalue weighted by Gasteiger charge is -2.19. The molecule has 1 aromatic rings. The van der Waals surface area contributed by atoms with Crippen molar-refractivity contribution in [2.24, 2.45) is 0 Å². The third-order valence-corrected chi connectivity index (χ3v) is 3.71. The van der Waals surface area contributed by atoms with E-state index in [0.717, 1.165) is 23.2 Å². The number of likely N-dealkylation sites (tertiary alicyclic amines) is 1. The lowest BCUT2D eigenvalue weighted by molar-refractivity contribution is 0.232. The minimum Gasteiger partial charge on any atom is -0.492 e. The number of halogens is 1. The minimum absolute atomic E-state index is 0.695. The standard InChI is InChI=1S/C12H17BrN2O/c1-15-7-2-3-10(15)5-8-16-12-4-6-14-9-11(12)13/h4,6,9-10H,2-3,5,7-8H2,1H3. The van der Waals surface area contributed by atoms with E-state index in [9.17, 15) is 0 Å². The molecule has 88 valence electrons. The van der Waals surface area contributed by atoms with Crippen molar-refractivity contribution in [3.05, 3.63) is 22.9 Å². The van der Waals surface area contributed by atoms with E-state index in [0.29, 0.717) is 6.04 Å². The highest BCUT2D eigenvalue weighted by Crippen LogP contribution is 2.24. The SMILES string of the molecule is CN1CCCC1CCOc1ccncc1Br. The molecule has 1 saturated heterocycles. The van der Waals surface area contributed by atoms with Crippen LogP contribution in [0.15, 0.2) is 22.9 Å². The van der Waals surface area contributed by atoms with E-state index in [1.165, 1.54) is 19.4 Å². The van der Waals surface area contributed by atoms with Crippen LogP contribution >= 0.6 is 15.9 Å². The van der Waals surface area contributed by atoms with Gasteiger partial charge in [0.15, 0.2) is 0 Å². The van der Waals surface area contributed by atoms with Gasteiger partial charge < -0.3 is 9.64 Å². The summed E-state index contributed by atoms with van der Waals surface area (Å²) in [5.74, 6) is 0.885. The maximum absolute atomic E-state index is 5.73. The second kappa shape index (κ2) is 5.64. The average molecular weight is 285 g/mol. The Balaban J connectivity index is 1.78. The van der Waals surface area contributed by atoms with Crippen LogP contribution in [0.1, 0.15) is 19.3 Å². The molecule has 16 heavy (non-hydrogen) atoms. The third kappa shape index (κ3) is 2.95. The number of hydrogen-bond donors (Lipinski definition) is 0. The van der Waals surface area contributed by atoms with Gasteiger partial charge in [0.1, 0.15) is 5.75 Å². The molecule has 0 aliphatic carbocycles. The molecular weight excluding hydrogens is 268 g/mol. The Hall–Kier alpha value is -0.610. The van der Waals surface area contributed by atoms with Crippen LogP contribution < -0.4 is 4.74 Å². The van der Waals surface area contributed by atoms with Crippen molar-refractivity contribution in [1.82, 2.24) is 9.88 Å². The molecule has 0 aromatic carbocycles. The van der Waals surface area contributed by atoms with Gasteiger partial charge in [0.2, 0.25) is 0 Å². The van der Waals surface area contributed by atoms with E-state index in [4.69, 9.17) is 4.74 Å². The van der Waals surface area contributed by atoms with Gasteiger partial charge in [-0.3, -0.25) is 4.98 Å². The highest BCUT2D eigenvalue weighted by Gasteiger charge is 2.20. The maximum Gasteiger partial charge on any atom is 0.136 e. The molecule has 2 rings (SSSR count). The monoisotopic (exact) mass is 284 g/mol. The first-order chi connectivity index (χ1) is 7.77. The van der Waals surface area contributed by atoms with Crippen LogP contribution in [0.3, 0.4) is 0 Å². The van der Waals surface area contributed by atoms with Gasteiger partial charge in [-0.2, -0.15) is 0 Å². The van der Waals surface area contributed by atoms with Gasteiger partial charge in [0, 0.05) is 18.4 Å². The third-order valence-electron chi connectivity index (χ3n) is 3.12. The van der Waals surface area contributed by atoms with E-state index in [2.05, 4.69) is 32.9 Å². The van der Waals surface area contributed by atoms with E-state index in [1.54, 1.807) is 12.4 Å². The van der Waals surface area contributed by atoms with E-state index >= 15 is 0 Å². The van der Waals surface area contributed by atoms with Crippen molar-refractivity contribution >= 4 is 15.9 Å². The summed E-state index contributed by atoms with van der Waals surface area (Å²) in [6.07, 6.45) is 7.24. The number of nitrogens with zero attached hydrogens (tertiary/aromatic N) is 2. The fraction of sp³-hybridized carbons (Fsp3) is 0.583. The minimum atomic E-state index is 0.695. The van der Waals surface area contributed by atoms with Crippen molar-refractivity contribution in [2.45, 2.75) is 25.3 Å². The lowest BCUT2D eigenvalue weighted by Crippen LogP contribution is -2.26. The van der Waals surface area contributed by atoms with Crippen molar-refractivity contribution < 1.29 is 4.74 Å². The Morgan fingerprint density at radius 3 is 3.19 bits per heavy atom. The number of ether oxygens (including phenoxy) is 1. The zero-order chi connectivity index (χ0) is 11.4. The van der Waals surface area contributed by atoms with Crippen LogP contribution in [0.2, 0.25) is 0 Å². The summed E-state index contributed by atoms with van der Waals surface area (Å²) in [5, 5.41) is 0. The lowest BCUT2D eigenvalue weighted by atomic mass is 10.1. The molecule has 0 radical (unpaired) electrons. The largest absolute Gasteiger partial charge is 0.492 e. The van der Waals surface area contributed by atoms with E-state index < -0.39 is 0 Å². The first kappa shape index (κ1) is 11.9. The van der Waals surface area contributed by atoms with Gasteiger partial charge in [-0.05, 0) is 54.9 Å². The summed E-state index contributed by atoms with van der Waals surface area (Å²) < 4.78 is 6.66. The van der Waals surface area contributed by atoms with Gasteiger partial charge in [-0.15, -0.1) is 0 Å². The summed E-state index contributed by atoms with van der Waals surface area (Å²) in [4.78, 5) is 6.43. The van der Waals surface area contributed by atoms with Gasteiger partial charge in [-0.1, -0.05) is 0 Å². The number of hydrogen-bond acceptors (Lipinski definition) is 3. The van der Waals surface area contributed by atoms with Crippen LogP contribution in [0.25, 0.3) is 0 Å². The maximum atomic E-state index is 5.73. The Morgan fingerprint density at radius 2 is 2.50 bits per heavy atom. The second-order valence-electron chi connectivity index (χ2n) is 4.22. The fourth-order valence-electron chi connectivity index (χ4n) is 2.13. The van der Waals surface area contributed by atoms with Crippen molar-refractivity contribution in [3.63, 3.8) is 0 Å². The topological polar surface area (TPSA) is 25.4 Å². The zero-order valence-corrected chi connectivity index (χ0v) is 11.1. The zero-order valence-electron chi connectivity index (χ0n) is 9.53. The molecule has 0 bridgehead atoms. The average Bonchev–Trinajstić information content (AvgIpc) is 2.67. The molecule has 1 unspecified atom stereocenters. The number of aromatic nitrogens is 1. The molecule has 1 atom stereocenters. The normalized spacial score (nSPS) is 21.2. The molecule has 1 aliphatic heterocycles. The molecule has 0 N–H and O–H groups in total. The van der Waals surface area contributed by atoms with Gasteiger partial charge in [-0.25, -0.2) is 0 Å². The second-order valence-corrected chi connectivity index (χ2v) is 5.07. The summed E-state index contributed by atoms with van der Waals surface area (Å²) in [5.41, 5.74) is 0. The summed E-state index contributed by atoms with van der Waals surface area (Å²) in [6.45, 7) is 2.00. The highest BCUT2D eigenvalue weighted by atomic mass is 79.9. The van der Waals surface area contributed by atoms with Gasteiger partial charge in [0.05, 0.1) is 11.1 Å². The first-order valence-electron chi connectivity index (χ1n) is 5.70.